The summed E-state index contributed by atoms with van der Waals surface area (Å²) in [5.74, 6) is -0.228. The van der Waals surface area contributed by atoms with E-state index in [0.717, 1.165) is 11.1 Å². The number of benzene rings is 1. The molecule has 1 aromatic rings. The predicted molar refractivity (Wildman–Crippen MR) is 64.6 cm³/mol. The Bertz CT molecular complexity index is 484. The smallest absolute Gasteiger partial charge is 0.313 e. The third-order valence-electron chi connectivity index (χ3n) is 3.55. The van der Waals surface area contributed by atoms with Crippen molar-refractivity contribution < 1.29 is 9.59 Å². The van der Waals surface area contributed by atoms with Crippen molar-refractivity contribution in [3.8, 4) is 0 Å². The van der Waals surface area contributed by atoms with E-state index in [2.05, 4.69) is 5.32 Å². The number of hydrogen-bond acceptors (Lipinski definition) is 2. The van der Waals surface area contributed by atoms with Gasteiger partial charge in [0.05, 0.1) is 0 Å². The van der Waals surface area contributed by atoms with Crippen LogP contribution >= 0.6 is 0 Å². The molecule has 0 spiro atoms. The minimum absolute atomic E-state index is 0.228. The number of nitrogens with one attached hydrogen (secondary N) is 1. The molecule has 0 bridgehead atoms. The number of carbonyl (C=O) groups is 2. The summed E-state index contributed by atoms with van der Waals surface area (Å²) in [6.07, 6.45) is 0.535. The van der Waals surface area contributed by atoms with E-state index >= 15 is 0 Å². The highest BCUT2D eigenvalue weighted by Crippen LogP contribution is 2.25. The zero-order chi connectivity index (χ0) is 12.6. The Labute approximate surface area is 101 Å². The summed E-state index contributed by atoms with van der Waals surface area (Å²) in [7, 11) is 1.65. The molecule has 4 heteroatoms. The molecule has 1 aromatic carbocycles. The van der Waals surface area contributed by atoms with Gasteiger partial charge in [0.25, 0.3) is 5.91 Å². The average Bonchev–Trinajstić information content (AvgIpc) is 2.47. The molecule has 4 nitrogen and oxygen atoms in total. The molecule has 1 saturated heterocycles. The molecule has 1 aliphatic heterocycles. The van der Waals surface area contributed by atoms with Gasteiger partial charge >= 0.3 is 6.03 Å². The van der Waals surface area contributed by atoms with Crippen molar-refractivity contribution in [2.24, 2.45) is 0 Å². The highest BCUT2D eigenvalue weighted by Gasteiger charge is 2.47. The molecule has 0 radical (unpaired) electrons. The third kappa shape index (κ3) is 1.79. The Morgan fingerprint density at radius 2 is 1.94 bits per heavy atom. The maximum atomic E-state index is 11.9. The largest absolute Gasteiger partial charge is 0.324 e. The number of rotatable bonds is 2. The molecule has 1 aliphatic rings. The maximum Gasteiger partial charge on any atom is 0.324 e. The van der Waals surface area contributed by atoms with Crippen molar-refractivity contribution >= 4 is 11.9 Å². The van der Waals surface area contributed by atoms with Crippen molar-refractivity contribution in [3.05, 3.63) is 35.4 Å². The van der Waals surface area contributed by atoms with Crippen LogP contribution < -0.4 is 5.32 Å². The van der Waals surface area contributed by atoms with Crippen LogP contribution in [0.2, 0.25) is 0 Å². The second-order valence-electron chi connectivity index (χ2n) is 4.70. The van der Waals surface area contributed by atoms with E-state index in [1.165, 1.54) is 4.90 Å². The predicted octanol–water partition coefficient (Wildman–Crippen LogP) is 1.48. The Morgan fingerprint density at radius 1 is 1.29 bits per heavy atom. The van der Waals surface area contributed by atoms with E-state index in [1.807, 2.05) is 31.2 Å². The van der Waals surface area contributed by atoms with Crippen molar-refractivity contribution in [2.75, 3.05) is 7.05 Å². The number of nitrogens with zero attached hydrogens (tertiary/aromatic N) is 1. The molecule has 1 atom stereocenters. The molecule has 1 fully saturated rings. The Morgan fingerprint density at radius 3 is 2.47 bits per heavy atom. The highest BCUT2D eigenvalue weighted by atomic mass is 16.2. The lowest BCUT2D eigenvalue weighted by molar-refractivity contribution is -0.125. The molecule has 0 aliphatic carbocycles. The summed E-state index contributed by atoms with van der Waals surface area (Å²) in [5.41, 5.74) is 1.43. The monoisotopic (exact) mass is 232 g/mol. The summed E-state index contributed by atoms with van der Waals surface area (Å²) in [6.45, 7) is 3.80. The van der Waals surface area contributed by atoms with Crippen molar-refractivity contribution in [2.45, 2.75) is 25.8 Å². The van der Waals surface area contributed by atoms with Gasteiger partial charge in [-0.3, -0.25) is 10.1 Å². The summed E-state index contributed by atoms with van der Waals surface area (Å²) in [6, 6.07) is 7.58. The van der Waals surface area contributed by atoms with Crippen LogP contribution in [-0.2, 0) is 11.2 Å². The van der Waals surface area contributed by atoms with Crippen LogP contribution in [0.4, 0.5) is 4.79 Å². The van der Waals surface area contributed by atoms with Crippen LogP contribution in [0.15, 0.2) is 24.3 Å². The second-order valence-corrected chi connectivity index (χ2v) is 4.70. The van der Waals surface area contributed by atoms with E-state index in [4.69, 9.17) is 0 Å². The lowest BCUT2D eigenvalue weighted by atomic mass is 9.90. The van der Waals surface area contributed by atoms with E-state index in [0.29, 0.717) is 6.42 Å². The fraction of sp³-hybridized carbons (Fsp3) is 0.385. The maximum absolute atomic E-state index is 11.9. The number of amides is 3. The molecule has 2 rings (SSSR count). The standard InChI is InChI=1S/C13H16N2O2/c1-9-6-4-5-7-10(9)8-13(2)11(16)14-12(17)15(13)3/h4-7H,8H2,1-3H3,(H,14,16,17). The first-order valence-corrected chi connectivity index (χ1v) is 5.59. The Balaban J connectivity index is 2.32. The molecule has 1 unspecified atom stereocenters. The van der Waals surface area contributed by atoms with E-state index in [-0.39, 0.29) is 11.9 Å². The number of imide groups is 1. The molecule has 3 amide bonds. The summed E-state index contributed by atoms with van der Waals surface area (Å²) in [5, 5.41) is 2.34. The first kappa shape index (κ1) is 11.6. The minimum atomic E-state index is -0.788. The highest BCUT2D eigenvalue weighted by molar-refractivity contribution is 6.06. The zero-order valence-corrected chi connectivity index (χ0v) is 10.3. The second kappa shape index (κ2) is 3.87. The Hall–Kier alpha value is -1.84. The quantitative estimate of drug-likeness (QED) is 0.785. The van der Waals surface area contributed by atoms with Crippen LogP contribution in [0.3, 0.4) is 0 Å². The number of carbonyl (C=O) groups excluding carboxylic acids is 2. The lowest BCUT2D eigenvalue weighted by Crippen LogP contribution is -2.46. The number of hydrogen-bond donors (Lipinski definition) is 1. The third-order valence-corrected chi connectivity index (χ3v) is 3.55. The molecule has 0 saturated carbocycles. The van der Waals surface area contributed by atoms with Gasteiger partial charge in [0, 0.05) is 13.5 Å². The van der Waals surface area contributed by atoms with Gasteiger partial charge in [-0.2, -0.15) is 0 Å². The van der Waals surface area contributed by atoms with Gasteiger partial charge in [0.2, 0.25) is 0 Å². The van der Waals surface area contributed by atoms with E-state index < -0.39 is 5.54 Å². The molecule has 0 aromatic heterocycles. The SMILES string of the molecule is Cc1ccccc1CC1(C)C(=O)NC(=O)N1C. The van der Waals surface area contributed by atoms with Crippen molar-refractivity contribution in [3.63, 3.8) is 0 Å². The molecule has 1 heterocycles. The first-order chi connectivity index (χ1) is 7.95. The Kier molecular flexibility index (Phi) is 2.65. The zero-order valence-electron chi connectivity index (χ0n) is 10.3. The van der Waals surface area contributed by atoms with Gasteiger partial charge in [0.15, 0.2) is 0 Å². The molecule has 17 heavy (non-hydrogen) atoms. The fourth-order valence-corrected chi connectivity index (χ4v) is 2.07. The fourth-order valence-electron chi connectivity index (χ4n) is 2.07. The van der Waals surface area contributed by atoms with Crippen LogP contribution in [0.25, 0.3) is 0 Å². The average molecular weight is 232 g/mol. The summed E-state index contributed by atoms with van der Waals surface area (Å²) >= 11 is 0. The molecular formula is C13H16N2O2. The summed E-state index contributed by atoms with van der Waals surface area (Å²) < 4.78 is 0. The minimum Gasteiger partial charge on any atom is -0.313 e. The van der Waals surface area contributed by atoms with Crippen molar-refractivity contribution in [1.29, 1.82) is 0 Å². The number of aryl methyl sites for hydroxylation is 1. The first-order valence-electron chi connectivity index (χ1n) is 5.59. The van der Waals surface area contributed by atoms with Crippen molar-refractivity contribution in [1.82, 2.24) is 10.2 Å². The van der Waals surface area contributed by atoms with Gasteiger partial charge in [-0.25, -0.2) is 4.79 Å². The van der Waals surface area contributed by atoms with Crippen LogP contribution in [0.5, 0.6) is 0 Å². The van der Waals surface area contributed by atoms with Gasteiger partial charge in [-0.05, 0) is 25.0 Å². The molecule has 1 N–H and O–H groups in total. The lowest BCUT2D eigenvalue weighted by Gasteiger charge is -2.29. The van der Waals surface area contributed by atoms with Gasteiger partial charge in [-0.15, -0.1) is 0 Å². The number of likely N-dealkylation sites (N-methyl/N-ethyl adjacent to an activating group) is 1. The van der Waals surface area contributed by atoms with E-state index in [9.17, 15) is 9.59 Å². The van der Waals surface area contributed by atoms with Gasteiger partial charge in [0.1, 0.15) is 5.54 Å². The van der Waals surface area contributed by atoms with Crippen LogP contribution in [0, 0.1) is 6.92 Å². The van der Waals surface area contributed by atoms with Gasteiger partial charge < -0.3 is 4.90 Å². The normalized spacial score (nSPS) is 24.1. The molecule has 90 valence electrons. The number of urea groups is 1. The summed E-state index contributed by atoms with van der Waals surface area (Å²) in [4.78, 5) is 24.8. The van der Waals surface area contributed by atoms with E-state index in [1.54, 1.807) is 14.0 Å². The van der Waals surface area contributed by atoms with Crippen LogP contribution in [0.1, 0.15) is 18.1 Å². The topological polar surface area (TPSA) is 49.4 Å². The van der Waals surface area contributed by atoms with Crippen LogP contribution in [-0.4, -0.2) is 29.4 Å². The van der Waals surface area contributed by atoms with Gasteiger partial charge in [-0.1, -0.05) is 24.3 Å². The molecular weight excluding hydrogens is 216 g/mol.